The van der Waals surface area contributed by atoms with Crippen LogP contribution in [0.2, 0.25) is 0 Å². The quantitative estimate of drug-likeness (QED) is 0.559. The van der Waals surface area contributed by atoms with Crippen LogP contribution in [0.1, 0.15) is 22.4 Å². The number of H-pyrrole nitrogens is 1. The first-order chi connectivity index (χ1) is 12.8. The number of aromatic nitrogens is 4. The third kappa shape index (κ3) is 3.42. The van der Waals surface area contributed by atoms with Gasteiger partial charge in [0.15, 0.2) is 0 Å². The Morgan fingerprint density at radius 3 is 2.65 bits per heavy atom. The predicted octanol–water partition coefficient (Wildman–Crippen LogP) is 3.77. The summed E-state index contributed by atoms with van der Waals surface area (Å²) in [7, 11) is 1.90. The lowest BCUT2D eigenvalue weighted by molar-refractivity contribution is 0.903. The minimum atomic E-state index is 0.853. The number of aryl methyl sites for hydroxylation is 2. The van der Waals surface area contributed by atoms with Crippen LogP contribution in [0.5, 0.6) is 0 Å². The Bertz CT molecular complexity index is 1000. The van der Waals surface area contributed by atoms with Crippen molar-refractivity contribution in [1.82, 2.24) is 19.9 Å². The first-order valence-electron chi connectivity index (χ1n) is 8.80. The second kappa shape index (κ2) is 7.35. The molecule has 0 aliphatic rings. The number of pyridine rings is 3. The first kappa shape index (κ1) is 16.3. The van der Waals surface area contributed by atoms with Crippen LogP contribution >= 0.6 is 0 Å². The summed E-state index contributed by atoms with van der Waals surface area (Å²) in [5, 5.41) is 4.31. The SMILES string of the molecule is CNc1ncccc1CCc1ccc(Cc2c[nH]c3ncccc23)cn1. The molecule has 4 rings (SSSR count). The summed E-state index contributed by atoms with van der Waals surface area (Å²) in [5.74, 6) is 0.942. The van der Waals surface area contributed by atoms with Gasteiger partial charge in [0.25, 0.3) is 0 Å². The van der Waals surface area contributed by atoms with Gasteiger partial charge in [-0.3, -0.25) is 4.98 Å². The Morgan fingerprint density at radius 2 is 1.81 bits per heavy atom. The summed E-state index contributed by atoms with van der Waals surface area (Å²) in [4.78, 5) is 16.6. The molecule has 4 aromatic heterocycles. The summed E-state index contributed by atoms with van der Waals surface area (Å²) >= 11 is 0. The van der Waals surface area contributed by atoms with Gasteiger partial charge < -0.3 is 10.3 Å². The molecular weight excluding hydrogens is 322 g/mol. The van der Waals surface area contributed by atoms with Gasteiger partial charge in [-0.1, -0.05) is 12.1 Å². The van der Waals surface area contributed by atoms with Crippen molar-refractivity contribution >= 4 is 16.9 Å². The van der Waals surface area contributed by atoms with Crippen LogP contribution in [0.15, 0.2) is 61.2 Å². The molecule has 0 atom stereocenters. The highest BCUT2D eigenvalue weighted by Gasteiger charge is 2.06. The highest BCUT2D eigenvalue weighted by molar-refractivity contribution is 5.79. The van der Waals surface area contributed by atoms with Gasteiger partial charge in [0, 0.05) is 49.3 Å². The minimum absolute atomic E-state index is 0.853. The zero-order valence-corrected chi connectivity index (χ0v) is 14.7. The van der Waals surface area contributed by atoms with Crippen molar-refractivity contribution in [2.75, 3.05) is 12.4 Å². The zero-order chi connectivity index (χ0) is 17.8. The van der Waals surface area contributed by atoms with Crippen LogP contribution in [0, 0.1) is 0 Å². The van der Waals surface area contributed by atoms with E-state index in [1.165, 1.54) is 22.1 Å². The Kier molecular flexibility index (Phi) is 4.60. The standard InChI is InChI=1S/C21H21N5/c1-22-20-16(4-2-10-23-20)7-9-18-8-6-15(13-25-18)12-17-14-26-21-19(17)5-3-11-24-21/h2-6,8,10-11,13-14H,7,9,12H2,1H3,(H,22,23)(H,24,26). The fourth-order valence-corrected chi connectivity index (χ4v) is 3.21. The van der Waals surface area contributed by atoms with Crippen LogP contribution in [0.4, 0.5) is 5.82 Å². The molecule has 0 saturated heterocycles. The first-order valence-corrected chi connectivity index (χ1v) is 8.80. The number of nitrogens with one attached hydrogen (secondary N) is 2. The molecule has 130 valence electrons. The molecular formula is C21H21N5. The summed E-state index contributed by atoms with van der Waals surface area (Å²) < 4.78 is 0. The molecule has 5 heteroatoms. The monoisotopic (exact) mass is 343 g/mol. The second-order valence-corrected chi connectivity index (χ2v) is 6.31. The van der Waals surface area contributed by atoms with Crippen molar-refractivity contribution < 1.29 is 0 Å². The maximum Gasteiger partial charge on any atom is 0.137 e. The van der Waals surface area contributed by atoms with Crippen molar-refractivity contribution in [2.24, 2.45) is 0 Å². The number of aromatic amines is 1. The normalized spacial score (nSPS) is 11.0. The molecule has 0 saturated carbocycles. The van der Waals surface area contributed by atoms with Gasteiger partial charge in [-0.05, 0) is 53.8 Å². The number of anilines is 1. The molecule has 4 heterocycles. The van der Waals surface area contributed by atoms with Crippen molar-refractivity contribution in [3.63, 3.8) is 0 Å². The van der Waals surface area contributed by atoms with Crippen LogP contribution in [-0.4, -0.2) is 27.0 Å². The Morgan fingerprint density at radius 1 is 0.923 bits per heavy atom. The number of rotatable bonds is 6. The summed E-state index contributed by atoms with van der Waals surface area (Å²) in [6, 6.07) is 12.4. The zero-order valence-electron chi connectivity index (χ0n) is 14.7. The van der Waals surface area contributed by atoms with E-state index in [4.69, 9.17) is 0 Å². The van der Waals surface area contributed by atoms with E-state index in [2.05, 4.69) is 49.5 Å². The number of nitrogens with zero attached hydrogens (tertiary/aromatic N) is 3. The van der Waals surface area contributed by atoms with Crippen molar-refractivity contribution in [2.45, 2.75) is 19.3 Å². The third-order valence-electron chi connectivity index (χ3n) is 4.60. The van der Waals surface area contributed by atoms with E-state index in [0.29, 0.717) is 0 Å². The maximum atomic E-state index is 4.64. The van der Waals surface area contributed by atoms with Crippen LogP contribution in [0.3, 0.4) is 0 Å². The highest BCUT2D eigenvalue weighted by atomic mass is 15.0. The molecule has 0 aliphatic carbocycles. The second-order valence-electron chi connectivity index (χ2n) is 6.31. The number of hydrogen-bond donors (Lipinski definition) is 2. The molecule has 0 bridgehead atoms. The third-order valence-corrected chi connectivity index (χ3v) is 4.60. The van der Waals surface area contributed by atoms with Crippen LogP contribution in [0.25, 0.3) is 11.0 Å². The highest BCUT2D eigenvalue weighted by Crippen LogP contribution is 2.19. The molecule has 0 amide bonds. The minimum Gasteiger partial charge on any atom is -0.373 e. The van der Waals surface area contributed by atoms with Gasteiger partial charge in [-0.15, -0.1) is 0 Å². The predicted molar refractivity (Wildman–Crippen MR) is 104 cm³/mol. The summed E-state index contributed by atoms with van der Waals surface area (Å²) in [5.41, 5.74) is 5.70. The molecule has 0 aliphatic heterocycles. The van der Waals surface area contributed by atoms with Gasteiger partial charge in [0.1, 0.15) is 11.5 Å². The van der Waals surface area contributed by atoms with Gasteiger partial charge >= 0.3 is 0 Å². The van der Waals surface area contributed by atoms with E-state index in [0.717, 1.165) is 36.4 Å². The largest absolute Gasteiger partial charge is 0.373 e. The Labute approximate surface area is 152 Å². The van der Waals surface area contributed by atoms with Gasteiger partial charge in [0.05, 0.1) is 0 Å². The molecule has 2 N–H and O–H groups in total. The van der Waals surface area contributed by atoms with E-state index in [9.17, 15) is 0 Å². The van der Waals surface area contributed by atoms with Crippen LogP contribution < -0.4 is 5.32 Å². The van der Waals surface area contributed by atoms with Crippen LogP contribution in [-0.2, 0) is 19.3 Å². The average molecular weight is 343 g/mol. The topological polar surface area (TPSA) is 66.5 Å². The fourth-order valence-electron chi connectivity index (χ4n) is 3.21. The average Bonchev–Trinajstić information content (AvgIpc) is 3.11. The lowest BCUT2D eigenvalue weighted by Gasteiger charge is -2.07. The maximum absolute atomic E-state index is 4.64. The molecule has 0 fully saturated rings. The Hall–Kier alpha value is -3.21. The number of fused-ring (bicyclic) bond motifs is 1. The molecule has 0 unspecified atom stereocenters. The Balaban J connectivity index is 1.43. The van der Waals surface area contributed by atoms with Gasteiger partial charge in [0.2, 0.25) is 0 Å². The molecule has 4 aromatic rings. The van der Waals surface area contributed by atoms with Gasteiger partial charge in [-0.2, -0.15) is 0 Å². The van der Waals surface area contributed by atoms with E-state index in [-0.39, 0.29) is 0 Å². The molecule has 26 heavy (non-hydrogen) atoms. The molecule has 0 spiro atoms. The van der Waals surface area contributed by atoms with Gasteiger partial charge in [-0.25, -0.2) is 9.97 Å². The summed E-state index contributed by atoms with van der Waals surface area (Å²) in [6.45, 7) is 0. The molecule has 0 radical (unpaired) electrons. The summed E-state index contributed by atoms with van der Waals surface area (Å²) in [6.07, 6.45) is 10.3. The fraction of sp³-hybridized carbons (Fsp3) is 0.190. The smallest absolute Gasteiger partial charge is 0.137 e. The lowest BCUT2D eigenvalue weighted by Crippen LogP contribution is -2.01. The van der Waals surface area contributed by atoms with Crippen molar-refractivity contribution in [3.8, 4) is 0 Å². The molecule has 0 aromatic carbocycles. The van der Waals surface area contributed by atoms with E-state index in [1.807, 2.05) is 37.8 Å². The van der Waals surface area contributed by atoms with E-state index < -0.39 is 0 Å². The van der Waals surface area contributed by atoms with Crippen molar-refractivity contribution in [1.29, 1.82) is 0 Å². The van der Waals surface area contributed by atoms with Crippen molar-refractivity contribution in [3.05, 3.63) is 83.6 Å². The number of hydrogen-bond acceptors (Lipinski definition) is 4. The lowest BCUT2D eigenvalue weighted by atomic mass is 10.0. The van der Waals surface area contributed by atoms with E-state index in [1.54, 1.807) is 6.20 Å². The molecule has 5 nitrogen and oxygen atoms in total. The van der Waals surface area contributed by atoms with E-state index >= 15 is 0 Å².